The van der Waals surface area contributed by atoms with Gasteiger partial charge in [0.2, 0.25) is 11.6 Å². The normalized spacial score (nSPS) is 16.8. The molecule has 2 atom stereocenters. The molecule has 1 aromatic carbocycles. The lowest BCUT2D eigenvalue weighted by molar-refractivity contribution is -0.117. The van der Waals surface area contributed by atoms with Crippen LogP contribution in [0.3, 0.4) is 0 Å². The number of aromatic nitrogens is 1. The summed E-state index contributed by atoms with van der Waals surface area (Å²) >= 11 is 1.04. The van der Waals surface area contributed by atoms with E-state index in [4.69, 9.17) is 26.6 Å². The molecule has 2 heterocycles. The van der Waals surface area contributed by atoms with E-state index in [2.05, 4.69) is 15.9 Å². The van der Waals surface area contributed by atoms with Gasteiger partial charge in [0, 0.05) is 13.1 Å². The first-order valence-corrected chi connectivity index (χ1v) is 12.4. The number of phosphoric acid groups is 1. The van der Waals surface area contributed by atoms with Crippen LogP contribution in [0.2, 0.25) is 0 Å². The Hall–Kier alpha value is -2.92. The van der Waals surface area contributed by atoms with Gasteiger partial charge in [-0.1, -0.05) is 49.0 Å². The Kier molecular flexibility index (Phi) is 7.75. The molecule has 172 valence electrons. The predicted molar refractivity (Wildman–Crippen MR) is 123 cm³/mol. The van der Waals surface area contributed by atoms with Crippen LogP contribution in [0.1, 0.15) is 35.3 Å². The maximum Gasteiger partial charge on any atom is 0.469 e. The number of primary amides is 1. The van der Waals surface area contributed by atoms with Crippen LogP contribution in [0.5, 0.6) is 0 Å². The molecule has 1 aliphatic heterocycles. The van der Waals surface area contributed by atoms with Crippen LogP contribution in [0.4, 0.5) is 11.5 Å². The van der Waals surface area contributed by atoms with Crippen molar-refractivity contribution >= 4 is 37.0 Å². The van der Waals surface area contributed by atoms with Crippen molar-refractivity contribution in [3.8, 4) is 6.07 Å². The van der Waals surface area contributed by atoms with Gasteiger partial charge in [0.15, 0.2) is 0 Å². The fourth-order valence-electron chi connectivity index (χ4n) is 3.70. The Morgan fingerprint density at radius 2 is 2.18 bits per heavy atom. The van der Waals surface area contributed by atoms with Crippen LogP contribution in [-0.2, 0) is 20.3 Å². The Labute approximate surface area is 195 Å². The number of nitriles is 1. The molecule has 3 rings (SSSR count). The zero-order valence-corrected chi connectivity index (χ0v) is 19.4. The quantitative estimate of drug-likeness (QED) is 0.289. The van der Waals surface area contributed by atoms with Crippen LogP contribution in [0.15, 0.2) is 35.4 Å². The van der Waals surface area contributed by atoms with E-state index < -0.39 is 25.1 Å². The third kappa shape index (κ3) is 5.72. The number of carbonyl (C=O) groups excluding carboxylic acids is 1. The highest BCUT2D eigenvalue weighted by Gasteiger charge is 2.33. The van der Waals surface area contributed by atoms with Crippen molar-refractivity contribution in [2.45, 2.75) is 36.1 Å². The Balaban J connectivity index is 2.06. The topological polar surface area (TPSA) is 154 Å². The van der Waals surface area contributed by atoms with Crippen molar-refractivity contribution in [2.24, 2.45) is 5.73 Å². The number of anilines is 1. The van der Waals surface area contributed by atoms with Gasteiger partial charge in [0.1, 0.15) is 22.2 Å². The van der Waals surface area contributed by atoms with Gasteiger partial charge in [-0.05, 0) is 24.0 Å². The van der Waals surface area contributed by atoms with E-state index in [0.29, 0.717) is 30.5 Å². The number of amides is 1. The third-order valence-corrected chi connectivity index (χ3v) is 6.95. The van der Waals surface area contributed by atoms with E-state index in [9.17, 15) is 14.6 Å². The summed E-state index contributed by atoms with van der Waals surface area (Å²) in [5, 5.41) is 9.32. The fourth-order valence-corrected chi connectivity index (χ4v) is 5.32. The lowest BCUT2D eigenvalue weighted by atomic mass is 10.1. The van der Waals surface area contributed by atoms with Crippen LogP contribution in [-0.4, -0.2) is 39.9 Å². The summed E-state index contributed by atoms with van der Waals surface area (Å²) in [6, 6.07) is 11.0. The average Bonchev–Trinajstić information content (AvgIpc) is 3.23. The highest BCUT2D eigenvalue weighted by molar-refractivity contribution is 8.00. The molecular formula is C21H22N5O5PS. The van der Waals surface area contributed by atoms with Crippen LogP contribution in [0, 0.1) is 17.9 Å². The first kappa shape index (κ1) is 24.7. The van der Waals surface area contributed by atoms with E-state index in [1.165, 1.54) is 0 Å². The van der Waals surface area contributed by atoms with Crippen LogP contribution >= 0.6 is 19.6 Å². The Morgan fingerprint density at radius 1 is 1.48 bits per heavy atom. The van der Waals surface area contributed by atoms with Gasteiger partial charge in [0.05, 0.1) is 18.2 Å². The zero-order chi connectivity index (χ0) is 24.2. The number of pyridine rings is 1. The molecule has 0 spiro atoms. The largest absolute Gasteiger partial charge is 0.469 e. The van der Waals surface area contributed by atoms with E-state index in [0.717, 1.165) is 11.8 Å². The summed E-state index contributed by atoms with van der Waals surface area (Å²) in [6.45, 7) is 9.98. The van der Waals surface area contributed by atoms with Crippen molar-refractivity contribution < 1.29 is 23.7 Å². The SMILES string of the molecule is [C-]#[N+]c1c(N2CC[C@@H](OP(=O)(O)O)C2)nc(SC(C(N)=O)c2ccccc2)c(C#N)c1CC. The van der Waals surface area contributed by atoms with E-state index in [1.54, 1.807) is 29.2 Å². The van der Waals surface area contributed by atoms with Gasteiger partial charge in [-0.2, -0.15) is 5.26 Å². The molecule has 1 fully saturated rings. The number of thioether (sulfide) groups is 1. The van der Waals surface area contributed by atoms with Crippen LogP contribution in [0.25, 0.3) is 4.85 Å². The molecule has 12 heteroatoms. The Bertz CT molecular complexity index is 1170. The molecule has 2 aromatic rings. The summed E-state index contributed by atoms with van der Waals surface area (Å²) in [5.41, 5.74) is 7.22. The minimum atomic E-state index is -4.66. The summed E-state index contributed by atoms with van der Waals surface area (Å²) in [6.07, 6.45) is -0.0139. The van der Waals surface area contributed by atoms with E-state index in [1.807, 2.05) is 13.0 Å². The molecule has 1 aromatic heterocycles. The first-order chi connectivity index (χ1) is 15.7. The fraction of sp³-hybridized carbons (Fsp3) is 0.333. The van der Waals surface area contributed by atoms with Crippen molar-refractivity contribution in [2.75, 3.05) is 18.0 Å². The number of nitrogens with zero attached hydrogens (tertiary/aromatic N) is 4. The van der Waals surface area contributed by atoms with Gasteiger partial charge in [-0.15, -0.1) is 0 Å². The average molecular weight is 487 g/mol. The first-order valence-electron chi connectivity index (χ1n) is 10.0. The number of phosphoric ester groups is 1. The summed E-state index contributed by atoms with van der Waals surface area (Å²) in [4.78, 5) is 40.4. The molecule has 0 aliphatic carbocycles. The monoisotopic (exact) mass is 487 g/mol. The predicted octanol–water partition coefficient (Wildman–Crippen LogP) is 3.07. The van der Waals surface area contributed by atoms with E-state index in [-0.39, 0.29) is 28.6 Å². The molecule has 10 nitrogen and oxygen atoms in total. The number of hydrogen-bond acceptors (Lipinski definition) is 7. The molecule has 0 bridgehead atoms. The molecule has 4 N–H and O–H groups in total. The Morgan fingerprint density at radius 3 is 2.73 bits per heavy atom. The van der Waals surface area contributed by atoms with Gasteiger partial charge in [-0.25, -0.2) is 14.4 Å². The summed E-state index contributed by atoms with van der Waals surface area (Å²) in [5.74, 6) is -0.307. The lowest BCUT2D eigenvalue weighted by Crippen LogP contribution is -2.24. The van der Waals surface area contributed by atoms with Crippen molar-refractivity contribution in [1.29, 1.82) is 5.26 Å². The van der Waals surface area contributed by atoms with Crippen molar-refractivity contribution in [1.82, 2.24) is 4.98 Å². The summed E-state index contributed by atoms with van der Waals surface area (Å²) in [7, 11) is -4.66. The molecule has 1 aliphatic rings. The van der Waals surface area contributed by atoms with Gasteiger partial charge < -0.3 is 20.4 Å². The van der Waals surface area contributed by atoms with Gasteiger partial charge >= 0.3 is 7.82 Å². The van der Waals surface area contributed by atoms with Gasteiger partial charge in [-0.3, -0.25) is 9.32 Å². The molecule has 0 radical (unpaired) electrons. The highest BCUT2D eigenvalue weighted by Crippen LogP contribution is 2.44. The molecule has 1 unspecified atom stereocenters. The second kappa shape index (κ2) is 10.3. The van der Waals surface area contributed by atoms with Gasteiger partial charge in [0.25, 0.3) is 0 Å². The standard InChI is InChI=1S/C21H22N5O5PS/c1-3-15-16(11-22)21(33-18(19(23)27)13-7-5-4-6-8-13)25-20(17(15)24-2)26-10-9-14(12-26)31-32(28,29)30/h4-8,14,18H,3,9-10,12H2,1H3,(H2,23,27)(H2,28,29,30)/t14-,18?/m1/s1. The number of nitrogens with two attached hydrogens (primary N) is 1. The number of rotatable bonds is 8. The number of benzene rings is 1. The zero-order valence-electron chi connectivity index (χ0n) is 17.7. The number of carbonyl (C=O) groups is 1. The second-order valence-electron chi connectivity index (χ2n) is 7.28. The second-order valence-corrected chi connectivity index (χ2v) is 9.57. The van der Waals surface area contributed by atoms with Crippen LogP contribution < -0.4 is 10.6 Å². The lowest BCUT2D eigenvalue weighted by Gasteiger charge is -2.23. The minimum absolute atomic E-state index is 0.123. The molecular weight excluding hydrogens is 465 g/mol. The molecule has 1 amide bonds. The number of hydrogen-bond donors (Lipinski definition) is 3. The molecule has 0 saturated carbocycles. The highest BCUT2D eigenvalue weighted by atomic mass is 32.2. The third-order valence-electron chi connectivity index (χ3n) is 5.12. The summed E-state index contributed by atoms with van der Waals surface area (Å²) < 4.78 is 16.0. The maximum absolute atomic E-state index is 12.2. The minimum Gasteiger partial charge on any atom is -0.368 e. The molecule has 33 heavy (non-hydrogen) atoms. The maximum atomic E-state index is 12.2. The van der Waals surface area contributed by atoms with Crippen molar-refractivity contribution in [3.63, 3.8) is 0 Å². The molecule has 1 saturated heterocycles. The van der Waals surface area contributed by atoms with E-state index >= 15 is 0 Å². The van der Waals surface area contributed by atoms with Crippen molar-refractivity contribution in [3.05, 3.63) is 58.4 Å². The smallest absolute Gasteiger partial charge is 0.368 e.